The van der Waals surface area contributed by atoms with Crippen LogP contribution >= 0.6 is 11.3 Å². The Morgan fingerprint density at radius 2 is 1.55 bits per heavy atom. The first-order chi connectivity index (χ1) is 16.3. The molecular weight excluding hydrogens is 430 g/mol. The van der Waals surface area contributed by atoms with Crippen LogP contribution in [0.1, 0.15) is 10.6 Å². The van der Waals surface area contributed by atoms with Gasteiger partial charge in [0.2, 0.25) is 4.96 Å². The highest BCUT2D eigenvalue weighted by Crippen LogP contribution is 2.27. The van der Waals surface area contributed by atoms with Gasteiger partial charge in [0.15, 0.2) is 5.82 Å². The van der Waals surface area contributed by atoms with Crippen LogP contribution in [-0.2, 0) is 0 Å². The molecule has 0 radical (unpaired) electrons. The lowest BCUT2D eigenvalue weighted by Gasteiger charge is -2.00. The van der Waals surface area contributed by atoms with Crippen LogP contribution in [0.25, 0.3) is 45.4 Å². The summed E-state index contributed by atoms with van der Waals surface area (Å²) < 4.78 is 3.66. The quantitative estimate of drug-likeness (QED) is 0.360. The van der Waals surface area contributed by atoms with Crippen LogP contribution in [0.2, 0.25) is 0 Å². The van der Waals surface area contributed by atoms with Crippen molar-refractivity contribution in [2.75, 3.05) is 0 Å². The molecule has 0 bridgehead atoms. The highest BCUT2D eigenvalue weighted by molar-refractivity contribution is 7.17. The minimum Gasteiger partial charge on any atom is -0.264 e. The molecule has 6 aromatic rings. The molecule has 6 rings (SSSR count). The van der Waals surface area contributed by atoms with Crippen LogP contribution in [-0.4, -0.2) is 34.6 Å². The van der Waals surface area contributed by atoms with E-state index in [1.165, 1.54) is 11.3 Å². The highest BCUT2D eigenvalue weighted by atomic mass is 32.1. The van der Waals surface area contributed by atoms with Gasteiger partial charge in [0.1, 0.15) is 5.01 Å². The molecule has 0 aliphatic heterocycles. The van der Waals surface area contributed by atoms with E-state index in [-0.39, 0.29) is 0 Å². The maximum Gasteiger partial charge on any atom is 0.235 e. The summed E-state index contributed by atoms with van der Waals surface area (Å²) in [5.41, 5.74) is 4.86. The smallest absolute Gasteiger partial charge is 0.235 e. The molecule has 0 aliphatic rings. The van der Waals surface area contributed by atoms with Gasteiger partial charge in [-0.1, -0.05) is 59.9 Å². The molecule has 0 fully saturated rings. The Balaban J connectivity index is 1.39. The fraction of sp³-hybridized carbons (Fsp3) is 0. The molecule has 0 unspecified atom stereocenters. The van der Waals surface area contributed by atoms with Gasteiger partial charge in [0.25, 0.3) is 0 Å². The lowest BCUT2D eigenvalue weighted by molar-refractivity contribution is 0.884. The van der Waals surface area contributed by atoms with Crippen LogP contribution in [0.15, 0.2) is 91.4 Å². The van der Waals surface area contributed by atoms with Crippen LogP contribution < -0.4 is 0 Å². The first-order valence-electron chi connectivity index (χ1n) is 10.4. The number of nitrogens with zero attached hydrogens (tertiary/aromatic N) is 7. The number of fused-ring (bicyclic) bond motifs is 1. The van der Waals surface area contributed by atoms with Gasteiger partial charge in [-0.15, -0.1) is 10.2 Å². The van der Waals surface area contributed by atoms with E-state index in [1.807, 2.05) is 83.7 Å². The summed E-state index contributed by atoms with van der Waals surface area (Å²) in [6, 6.07) is 24.1. The molecule has 0 amide bonds. The predicted molar refractivity (Wildman–Crippen MR) is 130 cm³/mol. The van der Waals surface area contributed by atoms with E-state index in [4.69, 9.17) is 10.2 Å². The van der Waals surface area contributed by atoms with Crippen LogP contribution in [0.5, 0.6) is 0 Å². The van der Waals surface area contributed by atoms with Crippen molar-refractivity contribution in [3.05, 3.63) is 102 Å². The van der Waals surface area contributed by atoms with E-state index < -0.39 is 0 Å². The van der Waals surface area contributed by atoms with Gasteiger partial charge in [0, 0.05) is 35.3 Å². The van der Waals surface area contributed by atoms with Gasteiger partial charge in [-0.2, -0.15) is 14.7 Å². The molecule has 0 saturated carbocycles. The fourth-order valence-corrected chi connectivity index (χ4v) is 4.32. The molecular formula is C25H17N7S. The highest BCUT2D eigenvalue weighted by Gasteiger charge is 2.14. The summed E-state index contributed by atoms with van der Waals surface area (Å²) in [5.74, 6) is 0.677. The maximum atomic E-state index is 4.86. The van der Waals surface area contributed by atoms with E-state index in [1.54, 1.807) is 16.9 Å². The molecule has 158 valence electrons. The Labute approximate surface area is 193 Å². The van der Waals surface area contributed by atoms with Crippen molar-refractivity contribution in [2.45, 2.75) is 0 Å². The van der Waals surface area contributed by atoms with Crippen LogP contribution in [0, 0.1) is 0 Å². The van der Waals surface area contributed by atoms with Crippen LogP contribution in [0.4, 0.5) is 0 Å². The van der Waals surface area contributed by atoms with Crippen molar-refractivity contribution in [1.82, 2.24) is 34.6 Å². The third-order valence-electron chi connectivity index (χ3n) is 5.14. The molecule has 0 atom stereocenters. The average Bonchev–Trinajstić information content (AvgIpc) is 3.59. The molecule has 8 heteroatoms. The molecule has 2 aromatic carbocycles. The molecule has 0 spiro atoms. The molecule has 4 aromatic heterocycles. The topological polar surface area (TPSA) is 73.8 Å². The minimum atomic E-state index is 0.677. The van der Waals surface area contributed by atoms with E-state index >= 15 is 0 Å². The van der Waals surface area contributed by atoms with Crippen molar-refractivity contribution in [3.63, 3.8) is 0 Å². The maximum absolute atomic E-state index is 4.86. The summed E-state index contributed by atoms with van der Waals surface area (Å²) in [6.45, 7) is 0. The third kappa shape index (κ3) is 3.72. The zero-order valence-electron chi connectivity index (χ0n) is 17.4. The minimum absolute atomic E-state index is 0.677. The number of hydrogen-bond donors (Lipinski definition) is 0. The molecule has 0 N–H and O–H groups in total. The lowest BCUT2D eigenvalue weighted by atomic mass is 10.1. The molecule has 0 saturated heterocycles. The molecule has 7 nitrogen and oxygen atoms in total. The number of benzene rings is 2. The zero-order chi connectivity index (χ0) is 22.0. The predicted octanol–water partition coefficient (Wildman–Crippen LogP) is 5.27. The lowest BCUT2D eigenvalue weighted by Crippen LogP contribution is -1.93. The van der Waals surface area contributed by atoms with E-state index in [9.17, 15) is 0 Å². The second kappa shape index (κ2) is 8.25. The van der Waals surface area contributed by atoms with E-state index in [2.05, 4.69) is 27.3 Å². The first kappa shape index (κ1) is 19.3. The van der Waals surface area contributed by atoms with Crippen molar-refractivity contribution in [2.24, 2.45) is 0 Å². The average molecular weight is 448 g/mol. The Bertz CT molecular complexity index is 1550. The summed E-state index contributed by atoms with van der Waals surface area (Å²) in [7, 11) is 0. The van der Waals surface area contributed by atoms with E-state index in [0.29, 0.717) is 5.82 Å². The number of rotatable bonds is 5. The monoisotopic (exact) mass is 447 g/mol. The fourth-order valence-electron chi connectivity index (χ4n) is 3.58. The first-order valence-corrected chi connectivity index (χ1v) is 11.2. The SMILES string of the molecule is C(=C\c1cn(-c2ccccc2)nc1-c1ccccc1)/c1nn2c(-c3cccnc3)nnc2s1. The standard InChI is InChI=1S/C25H17N7S/c1-3-8-18(9-4-1)23-20(17-31(30-23)21-11-5-2-6-12-21)13-14-22-29-32-24(27-28-25(32)33-22)19-10-7-15-26-16-19/h1-17H/b14-13+. The molecule has 4 heterocycles. The summed E-state index contributed by atoms with van der Waals surface area (Å²) >= 11 is 1.48. The molecule has 33 heavy (non-hydrogen) atoms. The van der Waals surface area contributed by atoms with Crippen LogP contribution in [0.3, 0.4) is 0 Å². The van der Waals surface area contributed by atoms with Gasteiger partial charge in [0.05, 0.1) is 11.4 Å². The number of pyridine rings is 1. The van der Waals surface area contributed by atoms with Gasteiger partial charge in [-0.3, -0.25) is 4.98 Å². The largest absolute Gasteiger partial charge is 0.264 e. The Morgan fingerprint density at radius 1 is 0.758 bits per heavy atom. The van der Waals surface area contributed by atoms with Crippen molar-refractivity contribution in [1.29, 1.82) is 0 Å². The Hall–Kier alpha value is -4.43. The van der Waals surface area contributed by atoms with Crippen molar-refractivity contribution >= 4 is 28.4 Å². The third-order valence-corrected chi connectivity index (χ3v) is 6.01. The second-order valence-corrected chi connectivity index (χ2v) is 8.30. The summed E-state index contributed by atoms with van der Waals surface area (Å²) in [5, 5.41) is 18.9. The summed E-state index contributed by atoms with van der Waals surface area (Å²) in [4.78, 5) is 4.90. The number of aromatic nitrogens is 7. The molecule has 0 aliphatic carbocycles. The van der Waals surface area contributed by atoms with Gasteiger partial charge in [-0.05, 0) is 36.4 Å². The summed E-state index contributed by atoms with van der Waals surface area (Å²) in [6.07, 6.45) is 9.57. The van der Waals surface area contributed by atoms with Gasteiger partial charge < -0.3 is 0 Å². The van der Waals surface area contributed by atoms with Gasteiger partial charge in [-0.25, -0.2) is 4.68 Å². The second-order valence-electron chi connectivity index (χ2n) is 7.31. The van der Waals surface area contributed by atoms with E-state index in [0.717, 1.165) is 38.0 Å². The Kier molecular flexibility index (Phi) is 4.82. The van der Waals surface area contributed by atoms with Crippen molar-refractivity contribution < 1.29 is 0 Å². The Morgan fingerprint density at radius 3 is 2.33 bits per heavy atom. The number of para-hydroxylation sites is 1. The normalized spacial score (nSPS) is 11.5. The zero-order valence-corrected chi connectivity index (χ0v) is 18.2. The van der Waals surface area contributed by atoms with Crippen molar-refractivity contribution in [3.8, 4) is 28.3 Å². The number of hydrogen-bond acceptors (Lipinski definition) is 6. The van der Waals surface area contributed by atoms with Gasteiger partial charge >= 0.3 is 0 Å².